The monoisotopic (exact) mass is 344 g/mol. The van der Waals surface area contributed by atoms with Crippen LogP contribution in [0.5, 0.6) is 0 Å². The molecule has 4 bridgehead atoms. The van der Waals surface area contributed by atoms with Crippen LogP contribution in [0.1, 0.15) is 64.7 Å². The fourth-order valence-corrected chi connectivity index (χ4v) is 7.40. The lowest BCUT2D eigenvalue weighted by Gasteiger charge is -2.37. The third-order valence-electron chi connectivity index (χ3n) is 8.55. The number of hydrogen-bond donors (Lipinski definition) is 0. The third kappa shape index (κ3) is 2.52. The molecular formula is C22H32O3. The zero-order chi connectivity index (χ0) is 17.0. The highest BCUT2D eigenvalue weighted by Crippen LogP contribution is 2.67. The van der Waals surface area contributed by atoms with Gasteiger partial charge < -0.3 is 9.47 Å². The number of carbonyl (C=O) groups excluding carboxylic acids is 1. The minimum Gasteiger partial charge on any atom is -0.438 e. The summed E-state index contributed by atoms with van der Waals surface area (Å²) in [6, 6.07) is 0. The molecule has 138 valence electrons. The minimum atomic E-state index is -0.0340. The molecule has 4 saturated carbocycles. The van der Waals surface area contributed by atoms with Crippen LogP contribution in [-0.2, 0) is 14.3 Å². The molecule has 0 aromatic carbocycles. The van der Waals surface area contributed by atoms with Gasteiger partial charge in [0.2, 0.25) is 0 Å². The summed E-state index contributed by atoms with van der Waals surface area (Å²) < 4.78 is 11.8. The first-order valence-electron chi connectivity index (χ1n) is 10.7. The average molecular weight is 344 g/mol. The molecule has 5 rings (SSSR count). The molecule has 0 aromatic rings. The number of allylic oxidation sites excluding steroid dienone is 2. The number of esters is 1. The first kappa shape index (κ1) is 16.4. The summed E-state index contributed by atoms with van der Waals surface area (Å²) in [5.41, 5.74) is -0.0340. The van der Waals surface area contributed by atoms with Crippen LogP contribution < -0.4 is 0 Å². The predicted molar refractivity (Wildman–Crippen MR) is 95.6 cm³/mol. The van der Waals surface area contributed by atoms with Crippen molar-refractivity contribution in [2.75, 3.05) is 6.79 Å². The predicted octanol–water partition coefficient (Wildman–Crippen LogP) is 4.71. The van der Waals surface area contributed by atoms with Gasteiger partial charge in [-0.3, -0.25) is 4.79 Å². The van der Waals surface area contributed by atoms with Crippen molar-refractivity contribution in [3.63, 3.8) is 0 Å². The van der Waals surface area contributed by atoms with E-state index in [9.17, 15) is 4.79 Å². The SMILES string of the molecule is CCC1(OCOC(=O)C2CC3CC2C2C4C=CC(C4)C32)CCCCC1. The normalized spacial score (nSPS) is 45.7. The summed E-state index contributed by atoms with van der Waals surface area (Å²) in [6.07, 6.45) is 15.7. The molecule has 0 amide bonds. The van der Waals surface area contributed by atoms with Crippen molar-refractivity contribution in [3.8, 4) is 0 Å². The van der Waals surface area contributed by atoms with Crippen LogP contribution >= 0.6 is 0 Å². The van der Waals surface area contributed by atoms with E-state index in [4.69, 9.17) is 9.47 Å². The van der Waals surface area contributed by atoms with Crippen LogP contribution in [0, 0.1) is 41.4 Å². The Kier molecular flexibility index (Phi) is 4.00. The fraction of sp³-hybridized carbons (Fsp3) is 0.864. The Morgan fingerprint density at radius 2 is 1.80 bits per heavy atom. The van der Waals surface area contributed by atoms with Gasteiger partial charge >= 0.3 is 5.97 Å². The first-order chi connectivity index (χ1) is 12.2. The van der Waals surface area contributed by atoms with Crippen molar-refractivity contribution in [2.45, 2.75) is 70.3 Å². The van der Waals surface area contributed by atoms with Crippen LogP contribution in [0.15, 0.2) is 12.2 Å². The van der Waals surface area contributed by atoms with E-state index in [-0.39, 0.29) is 24.3 Å². The van der Waals surface area contributed by atoms with Gasteiger partial charge in [0, 0.05) is 0 Å². The Balaban J connectivity index is 1.17. The number of ether oxygens (including phenoxy) is 2. The Morgan fingerprint density at radius 3 is 2.56 bits per heavy atom. The average Bonchev–Trinajstić information content (AvgIpc) is 3.41. The van der Waals surface area contributed by atoms with Crippen molar-refractivity contribution in [2.24, 2.45) is 41.4 Å². The Bertz CT molecular complexity index is 562. The zero-order valence-corrected chi connectivity index (χ0v) is 15.5. The lowest BCUT2D eigenvalue weighted by molar-refractivity contribution is -0.185. The van der Waals surface area contributed by atoms with Gasteiger partial charge in [0.25, 0.3) is 0 Å². The van der Waals surface area contributed by atoms with E-state index in [1.807, 2.05) is 0 Å². The molecule has 0 heterocycles. The van der Waals surface area contributed by atoms with E-state index in [0.717, 1.165) is 55.3 Å². The summed E-state index contributed by atoms with van der Waals surface area (Å²) in [5.74, 6) is 4.75. The van der Waals surface area contributed by atoms with Crippen LogP contribution in [0.4, 0.5) is 0 Å². The van der Waals surface area contributed by atoms with Crippen LogP contribution in [-0.4, -0.2) is 18.4 Å². The highest BCUT2D eigenvalue weighted by molar-refractivity contribution is 5.73. The van der Waals surface area contributed by atoms with E-state index in [1.165, 1.54) is 32.1 Å². The summed E-state index contributed by atoms with van der Waals surface area (Å²) in [5, 5.41) is 0. The topological polar surface area (TPSA) is 35.5 Å². The second kappa shape index (κ2) is 6.11. The highest BCUT2D eigenvalue weighted by atomic mass is 16.7. The van der Waals surface area contributed by atoms with Crippen molar-refractivity contribution >= 4 is 5.97 Å². The van der Waals surface area contributed by atoms with Gasteiger partial charge in [0.15, 0.2) is 6.79 Å². The van der Waals surface area contributed by atoms with Gasteiger partial charge in [-0.15, -0.1) is 0 Å². The van der Waals surface area contributed by atoms with Gasteiger partial charge in [0.05, 0.1) is 11.5 Å². The first-order valence-corrected chi connectivity index (χ1v) is 10.7. The molecular weight excluding hydrogens is 312 g/mol. The summed E-state index contributed by atoms with van der Waals surface area (Å²) in [4.78, 5) is 12.7. The summed E-state index contributed by atoms with van der Waals surface area (Å²) in [7, 11) is 0. The molecule has 5 aliphatic carbocycles. The van der Waals surface area contributed by atoms with E-state index in [2.05, 4.69) is 19.1 Å². The van der Waals surface area contributed by atoms with Gasteiger partial charge in [-0.1, -0.05) is 38.3 Å². The molecule has 3 nitrogen and oxygen atoms in total. The Morgan fingerprint density at radius 1 is 1.04 bits per heavy atom. The molecule has 0 radical (unpaired) electrons. The molecule has 0 aromatic heterocycles. The summed E-state index contributed by atoms with van der Waals surface area (Å²) >= 11 is 0. The molecule has 7 atom stereocenters. The molecule has 5 aliphatic rings. The molecule has 7 unspecified atom stereocenters. The lowest BCUT2D eigenvalue weighted by atomic mass is 9.69. The van der Waals surface area contributed by atoms with Gasteiger partial charge in [-0.25, -0.2) is 0 Å². The lowest BCUT2D eigenvalue weighted by Crippen LogP contribution is -2.38. The zero-order valence-electron chi connectivity index (χ0n) is 15.5. The fourth-order valence-electron chi connectivity index (χ4n) is 7.40. The second-order valence-electron chi connectivity index (χ2n) is 9.43. The molecule has 3 heteroatoms. The van der Waals surface area contributed by atoms with E-state index < -0.39 is 0 Å². The van der Waals surface area contributed by atoms with Gasteiger partial charge in [0.1, 0.15) is 0 Å². The van der Waals surface area contributed by atoms with Crippen molar-refractivity contribution in [1.29, 1.82) is 0 Å². The number of hydrogen-bond acceptors (Lipinski definition) is 3. The van der Waals surface area contributed by atoms with Gasteiger partial charge in [-0.05, 0) is 74.0 Å². The van der Waals surface area contributed by atoms with Crippen molar-refractivity contribution < 1.29 is 14.3 Å². The number of fused-ring (bicyclic) bond motifs is 9. The molecule has 0 saturated heterocycles. The minimum absolute atomic E-state index is 0.0276. The standard InChI is InChI=1S/C22H32O3/c1-2-22(8-4-3-5-9-22)25-13-24-21(23)18-12-16-11-17(18)20-15-7-6-14(10-15)19(16)20/h6-7,14-20H,2-5,8-13H2,1H3. The maximum atomic E-state index is 12.7. The quantitative estimate of drug-likeness (QED) is 0.313. The highest BCUT2D eigenvalue weighted by Gasteiger charge is 2.62. The summed E-state index contributed by atoms with van der Waals surface area (Å²) in [6.45, 7) is 2.37. The van der Waals surface area contributed by atoms with E-state index >= 15 is 0 Å². The molecule has 4 fully saturated rings. The van der Waals surface area contributed by atoms with E-state index in [0.29, 0.717) is 5.92 Å². The van der Waals surface area contributed by atoms with E-state index in [1.54, 1.807) is 0 Å². The third-order valence-corrected chi connectivity index (χ3v) is 8.55. The van der Waals surface area contributed by atoms with Crippen LogP contribution in [0.3, 0.4) is 0 Å². The smallest absolute Gasteiger partial charge is 0.311 e. The second-order valence-corrected chi connectivity index (χ2v) is 9.43. The number of carbonyl (C=O) groups is 1. The van der Waals surface area contributed by atoms with Crippen LogP contribution in [0.25, 0.3) is 0 Å². The molecule has 0 spiro atoms. The Hall–Kier alpha value is -0.830. The maximum absolute atomic E-state index is 12.7. The maximum Gasteiger partial charge on any atom is 0.311 e. The molecule has 25 heavy (non-hydrogen) atoms. The van der Waals surface area contributed by atoms with Crippen LogP contribution in [0.2, 0.25) is 0 Å². The largest absolute Gasteiger partial charge is 0.438 e. The van der Waals surface area contributed by atoms with Crippen molar-refractivity contribution in [1.82, 2.24) is 0 Å². The molecule has 0 N–H and O–H groups in total. The van der Waals surface area contributed by atoms with Gasteiger partial charge in [-0.2, -0.15) is 0 Å². The molecule has 0 aliphatic heterocycles. The van der Waals surface area contributed by atoms with Crippen molar-refractivity contribution in [3.05, 3.63) is 12.2 Å². The Labute approximate surface area is 151 Å². The number of rotatable bonds is 5.